The number of amides is 2. The van der Waals surface area contributed by atoms with Crippen LogP contribution in [0.3, 0.4) is 0 Å². The Bertz CT molecular complexity index is 1240. The summed E-state index contributed by atoms with van der Waals surface area (Å²) in [6, 6.07) is 14.9. The number of hydrogen-bond donors (Lipinski definition) is 1. The van der Waals surface area contributed by atoms with Gasteiger partial charge in [-0.25, -0.2) is 9.78 Å². The zero-order valence-electron chi connectivity index (χ0n) is 18.2. The van der Waals surface area contributed by atoms with Gasteiger partial charge >= 0.3 is 6.03 Å². The van der Waals surface area contributed by atoms with Crippen molar-refractivity contribution in [3.8, 4) is 23.3 Å². The summed E-state index contributed by atoms with van der Waals surface area (Å²) < 4.78 is 16.1. The number of nitrogens with one attached hydrogen (secondary N) is 1. The summed E-state index contributed by atoms with van der Waals surface area (Å²) in [6.45, 7) is 2.60. The number of carbonyl (C=O) groups excluding carboxylic acids is 1. The molecule has 1 saturated heterocycles. The molecule has 9 nitrogen and oxygen atoms in total. The van der Waals surface area contributed by atoms with Crippen molar-refractivity contribution in [3.63, 3.8) is 0 Å². The zero-order chi connectivity index (χ0) is 22.8. The lowest BCUT2D eigenvalue weighted by Crippen LogP contribution is -2.38. The molecule has 3 aromatic rings. The van der Waals surface area contributed by atoms with Gasteiger partial charge in [0.05, 0.1) is 18.2 Å². The lowest BCUT2D eigenvalue weighted by molar-refractivity contribution is 0.174. The molecule has 2 aliphatic rings. The van der Waals surface area contributed by atoms with Gasteiger partial charge < -0.3 is 29.3 Å². The van der Waals surface area contributed by atoms with Crippen LogP contribution >= 0.6 is 0 Å². The second-order valence-electron chi connectivity index (χ2n) is 7.86. The number of carbonyl (C=O) groups is 1. The average molecular weight is 445 g/mol. The van der Waals surface area contributed by atoms with Crippen LogP contribution in [0, 0.1) is 11.3 Å². The van der Waals surface area contributed by atoms with Crippen LogP contribution in [0.15, 0.2) is 42.5 Å². The number of nitriles is 1. The fourth-order valence-electron chi connectivity index (χ4n) is 4.09. The third-order valence-electron chi connectivity index (χ3n) is 5.83. The van der Waals surface area contributed by atoms with E-state index in [0.29, 0.717) is 54.7 Å². The normalized spacial score (nSPS) is 15.2. The van der Waals surface area contributed by atoms with Crippen molar-refractivity contribution in [2.45, 2.75) is 6.42 Å². The van der Waals surface area contributed by atoms with Gasteiger partial charge in [0.15, 0.2) is 11.5 Å². The maximum atomic E-state index is 12.8. The molecule has 1 aromatic heterocycles. The second kappa shape index (κ2) is 8.74. The Balaban J connectivity index is 1.32. The monoisotopic (exact) mass is 445 g/mol. The van der Waals surface area contributed by atoms with Crippen LogP contribution in [-0.4, -0.2) is 56.0 Å². The summed E-state index contributed by atoms with van der Waals surface area (Å²) in [5.41, 5.74) is 1.95. The minimum atomic E-state index is -0.151. The molecule has 0 saturated carbocycles. The van der Waals surface area contributed by atoms with Gasteiger partial charge in [-0.05, 0) is 42.8 Å². The van der Waals surface area contributed by atoms with Crippen molar-refractivity contribution in [3.05, 3.63) is 48.0 Å². The van der Waals surface area contributed by atoms with Crippen LogP contribution in [0.4, 0.5) is 16.3 Å². The smallest absolute Gasteiger partial charge is 0.321 e. The number of urea groups is 1. The summed E-state index contributed by atoms with van der Waals surface area (Å²) in [7, 11) is 1.60. The molecule has 0 radical (unpaired) electrons. The third-order valence-corrected chi connectivity index (χ3v) is 5.83. The van der Waals surface area contributed by atoms with Crippen molar-refractivity contribution < 1.29 is 19.0 Å². The molecule has 0 bridgehead atoms. The third kappa shape index (κ3) is 4.15. The summed E-state index contributed by atoms with van der Waals surface area (Å²) >= 11 is 0. The van der Waals surface area contributed by atoms with Crippen LogP contribution < -0.4 is 24.4 Å². The topological polar surface area (TPSA) is 100.0 Å². The Morgan fingerprint density at radius 2 is 1.88 bits per heavy atom. The molecular weight excluding hydrogens is 422 g/mol. The van der Waals surface area contributed by atoms with Gasteiger partial charge in [-0.15, -0.1) is 0 Å². The van der Waals surface area contributed by atoms with E-state index in [9.17, 15) is 10.1 Å². The highest BCUT2D eigenvalue weighted by Gasteiger charge is 2.23. The number of rotatable bonds is 3. The predicted octanol–water partition coefficient (Wildman–Crippen LogP) is 3.59. The average Bonchev–Trinajstić information content (AvgIpc) is 3.15. The Morgan fingerprint density at radius 1 is 1.09 bits per heavy atom. The van der Waals surface area contributed by atoms with E-state index in [0.717, 1.165) is 23.1 Å². The second-order valence-corrected chi connectivity index (χ2v) is 7.86. The molecule has 5 rings (SSSR count). The van der Waals surface area contributed by atoms with Crippen molar-refractivity contribution in [1.29, 1.82) is 5.26 Å². The summed E-state index contributed by atoms with van der Waals surface area (Å²) in [6.07, 6.45) is 0.766. The Morgan fingerprint density at radius 3 is 2.64 bits per heavy atom. The van der Waals surface area contributed by atoms with Crippen molar-refractivity contribution in [2.24, 2.45) is 0 Å². The molecule has 2 aliphatic heterocycles. The number of fused-ring (bicyclic) bond motifs is 2. The molecule has 0 aliphatic carbocycles. The number of benzene rings is 2. The first kappa shape index (κ1) is 20.7. The first-order valence-electron chi connectivity index (χ1n) is 10.7. The standard InChI is InChI=1S/C24H23N5O4/c1-31-19-5-3-18(4-6-19)26-24(30)29-8-2-7-28(9-10-29)23-17(14-25)11-16-12-21-22(33-15-32-21)13-20(16)27-23/h3-6,11-13H,2,7-10,15H2,1H3,(H,26,30). The van der Waals surface area contributed by atoms with E-state index in [-0.39, 0.29) is 12.8 Å². The molecule has 33 heavy (non-hydrogen) atoms. The molecule has 1 fully saturated rings. The SMILES string of the molecule is COc1ccc(NC(=O)N2CCCN(c3nc4cc5c(cc4cc3C#N)OCO5)CC2)cc1. The van der Waals surface area contributed by atoms with E-state index >= 15 is 0 Å². The van der Waals surface area contributed by atoms with Gasteiger partial charge in [0.2, 0.25) is 6.79 Å². The minimum absolute atomic E-state index is 0.151. The van der Waals surface area contributed by atoms with Crippen LogP contribution in [0.2, 0.25) is 0 Å². The number of anilines is 2. The van der Waals surface area contributed by atoms with E-state index in [4.69, 9.17) is 19.2 Å². The Labute approximate surface area is 191 Å². The number of pyridine rings is 1. The first-order valence-corrected chi connectivity index (χ1v) is 10.7. The number of ether oxygens (including phenoxy) is 3. The van der Waals surface area contributed by atoms with Crippen molar-refractivity contribution in [1.82, 2.24) is 9.88 Å². The number of methoxy groups -OCH3 is 1. The fourth-order valence-corrected chi connectivity index (χ4v) is 4.09. The predicted molar refractivity (Wildman–Crippen MR) is 123 cm³/mol. The van der Waals surface area contributed by atoms with Crippen LogP contribution in [-0.2, 0) is 0 Å². The van der Waals surface area contributed by atoms with Crippen LogP contribution in [0.25, 0.3) is 10.9 Å². The van der Waals surface area contributed by atoms with Gasteiger partial charge in [0.25, 0.3) is 0 Å². The highest BCUT2D eigenvalue weighted by molar-refractivity contribution is 5.89. The van der Waals surface area contributed by atoms with E-state index in [2.05, 4.69) is 16.3 Å². The quantitative estimate of drug-likeness (QED) is 0.658. The van der Waals surface area contributed by atoms with Gasteiger partial charge in [-0.3, -0.25) is 0 Å². The van der Waals surface area contributed by atoms with Crippen LogP contribution in [0.1, 0.15) is 12.0 Å². The zero-order valence-corrected chi connectivity index (χ0v) is 18.2. The summed E-state index contributed by atoms with van der Waals surface area (Å²) in [5, 5.41) is 13.5. The molecule has 168 valence electrons. The first-order chi connectivity index (χ1) is 16.1. The van der Waals surface area contributed by atoms with Gasteiger partial charge in [-0.2, -0.15) is 5.26 Å². The van der Waals surface area contributed by atoms with Gasteiger partial charge in [0.1, 0.15) is 17.6 Å². The lowest BCUT2D eigenvalue weighted by atomic mass is 10.1. The van der Waals surface area contributed by atoms with E-state index in [1.165, 1.54) is 0 Å². The lowest BCUT2D eigenvalue weighted by Gasteiger charge is -2.24. The molecular formula is C24H23N5O4. The van der Waals surface area contributed by atoms with Crippen LogP contribution in [0.5, 0.6) is 17.2 Å². The minimum Gasteiger partial charge on any atom is -0.497 e. The number of nitrogens with zero attached hydrogens (tertiary/aromatic N) is 4. The Hall–Kier alpha value is -4.19. The molecule has 0 spiro atoms. The van der Waals surface area contributed by atoms with E-state index in [1.54, 1.807) is 24.1 Å². The summed E-state index contributed by atoms with van der Waals surface area (Å²) in [4.78, 5) is 21.4. The van der Waals surface area contributed by atoms with E-state index in [1.807, 2.05) is 30.3 Å². The number of hydrogen-bond acceptors (Lipinski definition) is 7. The highest BCUT2D eigenvalue weighted by atomic mass is 16.7. The molecule has 0 unspecified atom stereocenters. The maximum Gasteiger partial charge on any atom is 0.321 e. The molecule has 1 N–H and O–H groups in total. The van der Waals surface area contributed by atoms with Gasteiger partial charge in [0, 0.05) is 43.3 Å². The molecule has 2 aromatic carbocycles. The molecule has 0 atom stereocenters. The Kier molecular flexibility index (Phi) is 5.48. The maximum absolute atomic E-state index is 12.8. The molecule has 9 heteroatoms. The van der Waals surface area contributed by atoms with Crippen molar-refractivity contribution >= 4 is 28.4 Å². The van der Waals surface area contributed by atoms with Crippen molar-refractivity contribution in [2.75, 3.05) is 50.3 Å². The van der Waals surface area contributed by atoms with E-state index < -0.39 is 0 Å². The summed E-state index contributed by atoms with van der Waals surface area (Å²) in [5.74, 6) is 2.68. The molecule has 3 heterocycles. The highest BCUT2D eigenvalue weighted by Crippen LogP contribution is 2.37. The number of aromatic nitrogens is 1. The molecule has 2 amide bonds. The largest absolute Gasteiger partial charge is 0.497 e. The van der Waals surface area contributed by atoms with Gasteiger partial charge in [-0.1, -0.05) is 0 Å². The fraction of sp³-hybridized carbons (Fsp3) is 0.292.